The number of hydrogen-bond donors (Lipinski definition) is 2. The molecule has 2 N–H and O–H groups in total. The molecule has 0 unspecified atom stereocenters. The number of benzene rings is 1. The summed E-state index contributed by atoms with van der Waals surface area (Å²) < 4.78 is 0. The van der Waals surface area contributed by atoms with Gasteiger partial charge in [0.15, 0.2) is 0 Å². The van der Waals surface area contributed by atoms with Crippen LogP contribution in [0.4, 0.5) is 5.69 Å². The SMILES string of the molecule is O=c1[nH]c2cc([N+](=O)[O-])ccc2cc1-c1nn[nH]n1. The number of nitro benzene ring substituents is 1. The van der Waals surface area contributed by atoms with Gasteiger partial charge in [0, 0.05) is 12.1 Å². The molecule has 0 aliphatic carbocycles. The van der Waals surface area contributed by atoms with E-state index in [1.165, 1.54) is 12.1 Å². The Morgan fingerprint density at radius 1 is 1.26 bits per heavy atom. The van der Waals surface area contributed by atoms with Crippen LogP contribution < -0.4 is 5.56 Å². The molecule has 2 aromatic heterocycles. The van der Waals surface area contributed by atoms with Gasteiger partial charge in [-0.3, -0.25) is 14.9 Å². The van der Waals surface area contributed by atoms with Gasteiger partial charge in [-0.2, -0.15) is 5.21 Å². The number of fused-ring (bicyclic) bond motifs is 1. The van der Waals surface area contributed by atoms with Gasteiger partial charge < -0.3 is 4.98 Å². The van der Waals surface area contributed by atoms with Gasteiger partial charge in [-0.1, -0.05) is 0 Å². The second-order valence-electron chi connectivity index (χ2n) is 3.78. The first kappa shape index (κ1) is 11.0. The van der Waals surface area contributed by atoms with Crippen molar-refractivity contribution in [2.24, 2.45) is 0 Å². The Balaban J connectivity index is 2.25. The summed E-state index contributed by atoms with van der Waals surface area (Å²) in [6.07, 6.45) is 0. The van der Waals surface area contributed by atoms with Crippen molar-refractivity contribution in [2.45, 2.75) is 0 Å². The maximum Gasteiger partial charge on any atom is 0.271 e. The molecule has 0 fully saturated rings. The Bertz CT molecular complexity index is 823. The van der Waals surface area contributed by atoms with Crippen LogP contribution in [0.2, 0.25) is 0 Å². The molecular formula is C10H6N6O3. The molecule has 2 heterocycles. The number of aromatic amines is 2. The zero-order valence-electron chi connectivity index (χ0n) is 9.32. The molecule has 3 aromatic rings. The van der Waals surface area contributed by atoms with Gasteiger partial charge >= 0.3 is 0 Å². The summed E-state index contributed by atoms with van der Waals surface area (Å²) in [7, 11) is 0. The normalized spacial score (nSPS) is 10.7. The van der Waals surface area contributed by atoms with Crippen molar-refractivity contribution in [1.82, 2.24) is 25.6 Å². The fraction of sp³-hybridized carbons (Fsp3) is 0. The number of aromatic nitrogens is 5. The lowest BCUT2D eigenvalue weighted by Gasteiger charge is -2.00. The highest BCUT2D eigenvalue weighted by Gasteiger charge is 2.12. The largest absolute Gasteiger partial charge is 0.321 e. The lowest BCUT2D eigenvalue weighted by molar-refractivity contribution is -0.384. The molecule has 9 heteroatoms. The summed E-state index contributed by atoms with van der Waals surface area (Å²) in [4.78, 5) is 24.6. The minimum absolute atomic E-state index is 0.0875. The minimum Gasteiger partial charge on any atom is -0.321 e. The van der Waals surface area contributed by atoms with E-state index >= 15 is 0 Å². The number of hydrogen-bond acceptors (Lipinski definition) is 6. The van der Waals surface area contributed by atoms with Crippen molar-refractivity contribution in [1.29, 1.82) is 0 Å². The lowest BCUT2D eigenvalue weighted by Crippen LogP contribution is -2.09. The molecule has 0 bridgehead atoms. The van der Waals surface area contributed by atoms with Crippen LogP contribution in [0.5, 0.6) is 0 Å². The van der Waals surface area contributed by atoms with Crippen LogP contribution >= 0.6 is 0 Å². The van der Waals surface area contributed by atoms with E-state index in [0.29, 0.717) is 10.9 Å². The molecule has 94 valence electrons. The molecule has 0 amide bonds. The number of H-pyrrole nitrogens is 2. The highest BCUT2D eigenvalue weighted by atomic mass is 16.6. The van der Waals surface area contributed by atoms with Crippen LogP contribution in [-0.4, -0.2) is 30.5 Å². The number of nitro groups is 1. The number of pyridine rings is 1. The van der Waals surface area contributed by atoms with Crippen LogP contribution in [-0.2, 0) is 0 Å². The lowest BCUT2D eigenvalue weighted by atomic mass is 10.1. The van der Waals surface area contributed by atoms with Crippen LogP contribution in [0, 0.1) is 10.1 Å². The third kappa shape index (κ3) is 1.82. The maximum atomic E-state index is 11.9. The van der Waals surface area contributed by atoms with Crippen molar-refractivity contribution in [3.63, 3.8) is 0 Å². The van der Waals surface area contributed by atoms with Crippen LogP contribution in [0.1, 0.15) is 0 Å². The molecule has 1 aromatic carbocycles. The molecular weight excluding hydrogens is 252 g/mol. The van der Waals surface area contributed by atoms with Gasteiger partial charge in [-0.25, -0.2) is 0 Å². The van der Waals surface area contributed by atoms with Gasteiger partial charge in [0.2, 0.25) is 5.82 Å². The summed E-state index contributed by atoms with van der Waals surface area (Å²) in [6, 6.07) is 5.77. The predicted molar refractivity (Wildman–Crippen MR) is 64.4 cm³/mol. The zero-order chi connectivity index (χ0) is 13.4. The highest BCUT2D eigenvalue weighted by Crippen LogP contribution is 2.20. The Kier molecular flexibility index (Phi) is 2.31. The summed E-state index contributed by atoms with van der Waals surface area (Å²) in [5, 5.41) is 24.4. The average molecular weight is 258 g/mol. The third-order valence-electron chi connectivity index (χ3n) is 2.63. The van der Waals surface area contributed by atoms with E-state index in [-0.39, 0.29) is 17.1 Å². The van der Waals surface area contributed by atoms with E-state index in [2.05, 4.69) is 25.6 Å². The van der Waals surface area contributed by atoms with E-state index in [9.17, 15) is 14.9 Å². The second kappa shape index (κ2) is 3.98. The predicted octanol–water partition coefficient (Wildman–Crippen LogP) is 0.616. The molecule has 3 rings (SSSR count). The monoisotopic (exact) mass is 258 g/mol. The second-order valence-corrected chi connectivity index (χ2v) is 3.78. The number of rotatable bonds is 2. The zero-order valence-corrected chi connectivity index (χ0v) is 9.32. The summed E-state index contributed by atoms with van der Waals surface area (Å²) in [6.45, 7) is 0. The molecule has 9 nitrogen and oxygen atoms in total. The Morgan fingerprint density at radius 2 is 2.11 bits per heavy atom. The smallest absolute Gasteiger partial charge is 0.271 e. The molecule has 0 radical (unpaired) electrons. The standard InChI is InChI=1S/C10H6N6O3/c17-10-7(9-12-14-15-13-9)3-5-1-2-6(16(18)19)4-8(5)11-10/h1-4H,(H,11,17)(H,12,13,14,15). The first-order valence-electron chi connectivity index (χ1n) is 5.20. The van der Waals surface area contributed by atoms with E-state index in [1.54, 1.807) is 12.1 Å². The molecule has 19 heavy (non-hydrogen) atoms. The van der Waals surface area contributed by atoms with Crippen molar-refractivity contribution < 1.29 is 4.92 Å². The van der Waals surface area contributed by atoms with Crippen LogP contribution in [0.3, 0.4) is 0 Å². The first-order chi connectivity index (χ1) is 9.15. The van der Waals surface area contributed by atoms with Crippen molar-refractivity contribution >= 4 is 16.6 Å². The molecule has 0 atom stereocenters. The number of nitrogens with one attached hydrogen (secondary N) is 2. The summed E-state index contributed by atoms with van der Waals surface area (Å²) in [5.74, 6) is 0.168. The topological polar surface area (TPSA) is 130 Å². The highest BCUT2D eigenvalue weighted by molar-refractivity contribution is 5.84. The van der Waals surface area contributed by atoms with Crippen LogP contribution in [0.25, 0.3) is 22.3 Å². The minimum atomic E-state index is -0.523. The van der Waals surface area contributed by atoms with Gasteiger partial charge in [-0.05, 0) is 22.7 Å². The van der Waals surface area contributed by atoms with E-state index in [1.807, 2.05) is 0 Å². The number of non-ortho nitro benzene ring substituents is 1. The fourth-order valence-electron chi connectivity index (χ4n) is 1.74. The van der Waals surface area contributed by atoms with Crippen LogP contribution in [0.15, 0.2) is 29.1 Å². The van der Waals surface area contributed by atoms with Gasteiger partial charge in [0.05, 0.1) is 16.0 Å². The van der Waals surface area contributed by atoms with E-state index in [4.69, 9.17) is 0 Å². The average Bonchev–Trinajstić information content (AvgIpc) is 2.90. The maximum absolute atomic E-state index is 11.9. The van der Waals surface area contributed by atoms with Gasteiger partial charge in [-0.15, -0.1) is 10.2 Å². The van der Waals surface area contributed by atoms with Crippen molar-refractivity contribution in [2.75, 3.05) is 0 Å². The first-order valence-corrected chi connectivity index (χ1v) is 5.20. The van der Waals surface area contributed by atoms with E-state index < -0.39 is 10.5 Å². The number of tetrazole rings is 1. The van der Waals surface area contributed by atoms with Crippen molar-refractivity contribution in [3.8, 4) is 11.4 Å². The molecule has 0 saturated heterocycles. The molecule has 0 aliphatic rings. The summed E-state index contributed by atoms with van der Waals surface area (Å²) in [5.41, 5.74) is 0.103. The Hall–Kier alpha value is -3.10. The molecule has 0 saturated carbocycles. The molecule has 0 spiro atoms. The van der Waals surface area contributed by atoms with Crippen molar-refractivity contribution in [3.05, 3.63) is 44.7 Å². The quantitative estimate of drug-likeness (QED) is 0.511. The van der Waals surface area contributed by atoms with E-state index in [0.717, 1.165) is 0 Å². The fourth-order valence-corrected chi connectivity index (χ4v) is 1.74. The summed E-state index contributed by atoms with van der Waals surface area (Å²) >= 11 is 0. The molecule has 0 aliphatic heterocycles. The number of nitrogens with zero attached hydrogens (tertiary/aromatic N) is 4. The van der Waals surface area contributed by atoms with Gasteiger partial charge in [0.1, 0.15) is 0 Å². The Labute approximate surface area is 104 Å². The Morgan fingerprint density at radius 3 is 2.79 bits per heavy atom. The van der Waals surface area contributed by atoms with Gasteiger partial charge in [0.25, 0.3) is 11.2 Å². The third-order valence-corrected chi connectivity index (χ3v) is 2.63.